The first kappa shape index (κ1) is 19.0. The third-order valence-electron chi connectivity index (χ3n) is 4.91. The number of carbonyl (C=O) groups excluding carboxylic acids is 1. The Kier molecular flexibility index (Phi) is 5.18. The molecule has 6 heteroatoms. The Hall–Kier alpha value is -3.38. The number of esters is 1. The number of pyridine rings is 1. The van der Waals surface area contributed by atoms with Crippen molar-refractivity contribution in [2.75, 3.05) is 20.8 Å². The molecule has 0 bridgehead atoms. The predicted octanol–water partition coefficient (Wildman–Crippen LogP) is 4.71. The van der Waals surface area contributed by atoms with Crippen LogP contribution in [0.3, 0.4) is 0 Å². The minimum Gasteiger partial charge on any atom is -0.496 e. The Morgan fingerprint density at radius 3 is 2.69 bits per heavy atom. The van der Waals surface area contributed by atoms with E-state index in [1.807, 2.05) is 36.4 Å². The SMILES string of the molecule is CCOC(=O)c1ncc2[nH]c3ccc(-c4ccccc4OC)cc3c2c1COC. The second-order valence-corrected chi connectivity index (χ2v) is 6.61. The van der Waals surface area contributed by atoms with Crippen molar-refractivity contribution >= 4 is 27.8 Å². The highest BCUT2D eigenvalue weighted by Gasteiger charge is 2.20. The van der Waals surface area contributed by atoms with Gasteiger partial charge in [0.15, 0.2) is 5.69 Å². The van der Waals surface area contributed by atoms with Gasteiger partial charge in [-0.2, -0.15) is 0 Å². The number of aromatic amines is 1. The minimum absolute atomic E-state index is 0.254. The molecule has 0 saturated carbocycles. The molecule has 4 rings (SSSR count). The molecule has 2 heterocycles. The number of aromatic nitrogens is 2. The molecule has 0 radical (unpaired) electrons. The summed E-state index contributed by atoms with van der Waals surface area (Å²) in [5.41, 5.74) is 4.82. The van der Waals surface area contributed by atoms with Crippen LogP contribution in [0.5, 0.6) is 5.75 Å². The fraction of sp³-hybridized carbons (Fsp3) is 0.217. The molecule has 29 heavy (non-hydrogen) atoms. The molecule has 4 aromatic rings. The first-order valence-corrected chi connectivity index (χ1v) is 9.40. The Morgan fingerprint density at radius 2 is 1.93 bits per heavy atom. The summed E-state index contributed by atoms with van der Waals surface area (Å²) in [5.74, 6) is 0.356. The van der Waals surface area contributed by atoms with Gasteiger partial charge in [0.2, 0.25) is 0 Å². The van der Waals surface area contributed by atoms with Gasteiger partial charge in [-0.3, -0.25) is 0 Å². The van der Waals surface area contributed by atoms with Gasteiger partial charge in [-0.1, -0.05) is 24.3 Å². The Balaban J connectivity index is 1.99. The standard InChI is InChI=1S/C23H22N2O4/c1-4-29-23(26)22-17(13-27-2)21-16-11-14(15-7-5-6-8-20(15)28-3)9-10-18(16)25-19(21)12-24-22/h5-12,25H,4,13H2,1-3H3. The van der Waals surface area contributed by atoms with Crippen LogP contribution >= 0.6 is 0 Å². The van der Waals surface area contributed by atoms with Crippen LogP contribution in [0.2, 0.25) is 0 Å². The van der Waals surface area contributed by atoms with Gasteiger partial charge >= 0.3 is 5.97 Å². The first-order valence-electron chi connectivity index (χ1n) is 9.40. The van der Waals surface area contributed by atoms with Gasteiger partial charge in [0, 0.05) is 34.5 Å². The van der Waals surface area contributed by atoms with E-state index in [0.29, 0.717) is 5.56 Å². The topological polar surface area (TPSA) is 73.4 Å². The Bertz CT molecular complexity index is 1200. The minimum atomic E-state index is -0.448. The molecule has 0 spiro atoms. The number of rotatable bonds is 6. The van der Waals surface area contributed by atoms with Crippen LogP contribution in [0, 0.1) is 0 Å². The lowest BCUT2D eigenvalue weighted by Crippen LogP contribution is -2.11. The van der Waals surface area contributed by atoms with E-state index in [4.69, 9.17) is 14.2 Å². The maximum absolute atomic E-state index is 12.4. The molecule has 0 aliphatic carbocycles. The van der Waals surface area contributed by atoms with E-state index in [1.165, 1.54) is 0 Å². The lowest BCUT2D eigenvalue weighted by molar-refractivity contribution is 0.0514. The van der Waals surface area contributed by atoms with Crippen molar-refractivity contribution in [3.05, 3.63) is 59.9 Å². The molecule has 0 saturated heterocycles. The normalized spacial score (nSPS) is 11.1. The first-order chi connectivity index (χ1) is 14.2. The molecule has 148 valence electrons. The van der Waals surface area contributed by atoms with E-state index in [9.17, 15) is 4.79 Å². The number of nitrogens with one attached hydrogen (secondary N) is 1. The number of nitrogens with zero attached hydrogens (tertiary/aromatic N) is 1. The monoisotopic (exact) mass is 390 g/mol. The van der Waals surface area contributed by atoms with Crippen LogP contribution < -0.4 is 4.74 Å². The number of hydrogen-bond acceptors (Lipinski definition) is 5. The summed E-state index contributed by atoms with van der Waals surface area (Å²) >= 11 is 0. The maximum Gasteiger partial charge on any atom is 0.357 e. The summed E-state index contributed by atoms with van der Waals surface area (Å²) in [5, 5.41) is 1.90. The van der Waals surface area contributed by atoms with Crippen LogP contribution in [-0.4, -0.2) is 36.8 Å². The third kappa shape index (κ3) is 3.32. The second kappa shape index (κ2) is 7.93. The molecular weight excluding hydrogens is 368 g/mol. The van der Waals surface area contributed by atoms with Crippen molar-refractivity contribution in [2.24, 2.45) is 0 Å². The average molecular weight is 390 g/mol. The van der Waals surface area contributed by atoms with Crippen LogP contribution in [0.1, 0.15) is 23.0 Å². The Morgan fingerprint density at radius 1 is 1.10 bits per heavy atom. The largest absolute Gasteiger partial charge is 0.496 e. The second-order valence-electron chi connectivity index (χ2n) is 6.61. The number of ether oxygens (including phenoxy) is 3. The molecule has 0 unspecified atom stereocenters. The van der Waals surface area contributed by atoms with Crippen molar-refractivity contribution in [1.29, 1.82) is 0 Å². The van der Waals surface area contributed by atoms with Gasteiger partial charge < -0.3 is 19.2 Å². The Labute approximate surface area is 168 Å². The summed E-state index contributed by atoms with van der Waals surface area (Å²) in [6.45, 7) is 2.32. The van der Waals surface area contributed by atoms with Crippen LogP contribution in [0.4, 0.5) is 0 Å². The molecule has 0 atom stereocenters. The number of carbonyl (C=O) groups is 1. The molecule has 0 fully saturated rings. The summed E-state index contributed by atoms with van der Waals surface area (Å²) in [4.78, 5) is 20.2. The lowest BCUT2D eigenvalue weighted by Gasteiger charge is -2.10. The van der Waals surface area contributed by atoms with E-state index < -0.39 is 5.97 Å². The molecule has 2 aromatic carbocycles. The number of fused-ring (bicyclic) bond motifs is 3. The van der Waals surface area contributed by atoms with Crippen molar-refractivity contribution in [2.45, 2.75) is 13.5 Å². The predicted molar refractivity (Wildman–Crippen MR) is 112 cm³/mol. The van der Waals surface area contributed by atoms with Crippen LogP contribution in [0.15, 0.2) is 48.7 Å². The number of H-pyrrole nitrogens is 1. The molecule has 0 aliphatic heterocycles. The van der Waals surface area contributed by atoms with Gasteiger partial charge in [-0.05, 0) is 30.7 Å². The quantitative estimate of drug-likeness (QED) is 0.483. The van der Waals surface area contributed by atoms with Gasteiger partial charge in [0.05, 0.1) is 32.0 Å². The molecule has 2 aromatic heterocycles. The highest BCUT2D eigenvalue weighted by Crippen LogP contribution is 2.36. The lowest BCUT2D eigenvalue weighted by atomic mass is 10.00. The van der Waals surface area contributed by atoms with E-state index in [-0.39, 0.29) is 18.9 Å². The van der Waals surface area contributed by atoms with E-state index in [1.54, 1.807) is 27.3 Å². The van der Waals surface area contributed by atoms with Gasteiger partial charge in [-0.15, -0.1) is 0 Å². The highest BCUT2D eigenvalue weighted by atomic mass is 16.5. The number of benzene rings is 2. The molecule has 6 nitrogen and oxygen atoms in total. The summed E-state index contributed by atoms with van der Waals surface area (Å²) in [6.07, 6.45) is 1.67. The third-order valence-corrected chi connectivity index (χ3v) is 4.91. The van der Waals surface area contributed by atoms with Crippen LogP contribution in [-0.2, 0) is 16.1 Å². The van der Waals surface area contributed by atoms with Crippen LogP contribution in [0.25, 0.3) is 32.9 Å². The molecule has 1 N–H and O–H groups in total. The van der Waals surface area contributed by atoms with E-state index >= 15 is 0 Å². The fourth-order valence-corrected chi connectivity index (χ4v) is 3.67. The average Bonchev–Trinajstić information content (AvgIpc) is 3.12. The van der Waals surface area contributed by atoms with E-state index in [2.05, 4.69) is 16.0 Å². The fourth-order valence-electron chi connectivity index (χ4n) is 3.67. The van der Waals surface area contributed by atoms with Gasteiger partial charge in [0.1, 0.15) is 5.75 Å². The summed E-state index contributed by atoms with van der Waals surface area (Å²) < 4.78 is 16.1. The van der Waals surface area contributed by atoms with E-state index in [0.717, 1.165) is 38.7 Å². The smallest absolute Gasteiger partial charge is 0.357 e. The molecule has 0 amide bonds. The number of methoxy groups -OCH3 is 2. The molecular formula is C23H22N2O4. The van der Waals surface area contributed by atoms with Crippen molar-refractivity contribution < 1.29 is 19.0 Å². The summed E-state index contributed by atoms with van der Waals surface area (Å²) in [7, 11) is 3.26. The van der Waals surface area contributed by atoms with Gasteiger partial charge in [0.25, 0.3) is 0 Å². The number of hydrogen-bond donors (Lipinski definition) is 1. The van der Waals surface area contributed by atoms with Gasteiger partial charge in [-0.25, -0.2) is 9.78 Å². The van der Waals surface area contributed by atoms with Crippen molar-refractivity contribution in [3.8, 4) is 16.9 Å². The zero-order chi connectivity index (χ0) is 20.4. The highest BCUT2D eigenvalue weighted by molar-refractivity contribution is 6.12. The van der Waals surface area contributed by atoms with Crippen molar-refractivity contribution in [1.82, 2.24) is 9.97 Å². The summed E-state index contributed by atoms with van der Waals surface area (Å²) in [6, 6.07) is 14.1. The van der Waals surface area contributed by atoms with Crippen molar-refractivity contribution in [3.63, 3.8) is 0 Å². The zero-order valence-electron chi connectivity index (χ0n) is 16.6. The maximum atomic E-state index is 12.4. The zero-order valence-corrected chi connectivity index (χ0v) is 16.6. The molecule has 0 aliphatic rings. The number of para-hydroxylation sites is 1.